The maximum absolute atomic E-state index is 13.4. The molecule has 224 valence electrons. The van der Waals surface area contributed by atoms with Gasteiger partial charge in [0.15, 0.2) is 0 Å². The van der Waals surface area contributed by atoms with Crippen molar-refractivity contribution in [3.8, 4) is 0 Å². The molecule has 0 aliphatic carbocycles. The predicted molar refractivity (Wildman–Crippen MR) is 169 cm³/mol. The normalized spacial score (nSPS) is 22.2. The molecule has 2 aliphatic heterocycles. The first-order chi connectivity index (χ1) is 18.5. The van der Waals surface area contributed by atoms with Crippen LogP contribution in [0.5, 0.6) is 0 Å². The minimum atomic E-state index is -0.633. The number of amides is 2. The number of pyridine rings is 1. The Morgan fingerprint density at radius 1 is 1.07 bits per heavy atom. The number of aromatic nitrogens is 1. The number of carbonyl (C=O) groups excluding carboxylic acids is 2. The van der Waals surface area contributed by atoms with E-state index in [1.54, 1.807) is 11.1 Å². The molecular formula is C29H39Cl3N6O3. The van der Waals surface area contributed by atoms with Crippen molar-refractivity contribution >= 4 is 65.6 Å². The number of aliphatic hydroxyl groups is 1. The fraction of sp³-hybridized carbons (Fsp3) is 0.414. The summed E-state index contributed by atoms with van der Waals surface area (Å²) in [7, 11) is 0. The minimum Gasteiger partial charge on any atom is -0.392 e. The summed E-state index contributed by atoms with van der Waals surface area (Å²) < 4.78 is 0. The summed E-state index contributed by atoms with van der Waals surface area (Å²) in [6.07, 6.45) is 3.55. The van der Waals surface area contributed by atoms with E-state index in [9.17, 15) is 14.7 Å². The van der Waals surface area contributed by atoms with Gasteiger partial charge < -0.3 is 31.7 Å². The van der Waals surface area contributed by atoms with Gasteiger partial charge in [0.2, 0.25) is 11.8 Å². The largest absolute Gasteiger partial charge is 0.392 e. The number of aryl methyl sites for hydroxylation is 1. The van der Waals surface area contributed by atoms with Crippen LogP contribution < -0.4 is 21.7 Å². The predicted octanol–water partition coefficient (Wildman–Crippen LogP) is 2.68. The lowest BCUT2D eigenvalue weighted by molar-refractivity contribution is -0.138. The van der Waals surface area contributed by atoms with Gasteiger partial charge in [-0.25, -0.2) is 0 Å². The highest BCUT2D eigenvalue weighted by atomic mass is 35.5. The summed E-state index contributed by atoms with van der Waals surface area (Å²) in [5.41, 5.74) is 8.65. The fourth-order valence-corrected chi connectivity index (χ4v) is 5.37. The van der Waals surface area contributed by atoms with Crippen molar-refractivity contribution in [2.75, 3.05) is 25.0 Å². The minimum absolute atomic E-state index is 0. The fourth-order valence-electron chi connectivity index (χ4n) is 5.37. The van der Waals surface area contributed by atoms with Crippen molar-refractivity contribution in [3.05, 3.63) is 72.4 Å². The molecule has 2 aromatic carbocycles. The Kier molecular flexibility index (Phi) is 13.7. The highest BCUT2D eigenvalue weighted by Gasteiger charge is 2.43. The molecule has 0 bridgehead atoms. The zero-order valence-corrected chi connectivity index (χ0v) is 25.1. The summed E-state index contributed by atoms with van der Waals surface area (Å²) in [6, 6.07) is 18.5. The van der Waals surface area contributed by atoms with Crippen LogP contribution in [0, 0.1) is 0 Å². The van der Waals surface area contributed by atoms with Crippen LogP contribution in [0.4, 0.5) is 5.69 Å². The first kappa shape index (κ1) is 34.7. The number of likely N-dealkylation sites (tertiary alicyclic amines) is 1. The number of aliphatic hydroxyl groups excluding tert-OH is 1. The van der Waals surface area contributed by atoms with Crippen LogP contribution in [0.2, 0.25) is 0 Å². The van der Waals surface area contributed by atoms with Crippen LogP contribution >= 0.6 is 37.2 Å². The van der Waals surface area contributed by atoms with E-state index >= 15 is 0 Å². The van der Waals surface area contributed by atoms with E-state index in [4.69, 9.17) is 5.73 Å². The van der Waals surface area contributed by atoms with Gasteiger partial charge in [-0.2, -0.15) is 0 Å². The van der Waals surface area contributed by atoms with Crippen molar-refractivity contribution in [2.24, 2.45) is 5.73 Å². The molecular weight excluding hydrogens is 587 g/mol. The summed E-state index contributed by atoms with van der Waals surface area (Å²) in [4.78, 5) is 32.9. The average molecular weight is 626 g/mol. The second kappa shape index (κ2) is 16.2. The number of hydrogen-bond donors (Lipinski definition) is 5. The van der Waals surface area contributed by atoms with E-state index in [1.807, 2.05) is 48.5 Å². The number of nitrogens with two attached hydrogens (primary N) is 1. The third kappa shape index (κ3) is 8.99. The maximum Gasteiger partial charge on any atom is 0.247 e. The van der Waals surface area contributed by atoms with Gasteiger partial charge in [0, 0.05) is 37.1 Å². The number of carbonyl (C=O) groups is 2. The number of rotatable bonds is 9. The van der Waals surface area contributed by atoms with Crippen molar-refractivity contribution in [1.29, 1.82) is 0 Å². The van der Waals surface area contributed by atoms with Crippen molar-refractivity contribution in [1.82, 2.24) is 20.5 Å². The van der Waals surface area contributed by atoms with E-state index in [0.29, 0.717) is 44.6 Å². The Morgan fingerprint density at radius 3 is 2.54 bits per heavy atom. The Bertz CT molecular complexity index is 1270. The van der Waals surface area contributed by atoms with Gasteiger partial charge in [0.05, 0.1) is 29.5 Å². The summed E-state index contributed by atoms with van der Waals surface area (Å²) in [5.74, 6) is -0.352. The Hall–Kier alpha value is -2.50. The molecule has 1 aromatic heterocycles. The Morgan fingerprint density at radius 2 is 1.80 bits per heavy atom. The lowest BCUT2D eigenvalue weighted by atomic mass is 10.1. The number of anilines is 1. The molecule has 2 saturated heterocycles. The smallest absolute Gasteiger partial charge is 0.247 e. The molecule has 5 atom stereocenters. The van der Waals surface area contributed by atoms with Crippen LogP contribution in [0.1, 0.15) is 24.8 Å². The van der Waals surface area contributed by atoms with Crippen molar-refractivity contribution in [3.63, 3.8) is 0 Å². The lowest BCUT2D eigenvalue weighted by Gasteiger charge is -2.26. The monoisotopic (exact) mass is 624 g/mol. The topological polar surface area (TPSA) is 133 Å². The van der Waals surface area contributed by atoms with E-state index < -0.39 is 18.2 Å². The van der Waals surface area contributed by atoms with Crippen LogP contribution in [0.15, 0.2) is 66.9 Å². The molecule has 12 heteroatoms. The summed E-state index contributed by atoms with van der Waals surface area (Å²) in [6.45, 7) is 1.37. The quantitative estimate of drug-likeness (QED) is 0.247. The molecule has 41 heavy (non-hydrogen) atoms. The van der Waals surface area contributed by atoms with Gasteiger partial charge in [-0.05, 0) is 43.4 Å². The Labute approximate surface area is 259 Å². The highest BCUT2D eigenvalue weighted by molar-refractivity contribution is 5.99. The molecule has 0 unspecified atom stereocenters. The van der Waals surface area contributed by atoms with Gasteiger partial charge in [-0.15, -0.1) is 37.2 Å². The highest BCUT2D eigenvalue weighted by Crippen LogP contribution is 2.24. The second-order valence-electron chi connectivity index (χ2n) is 10.4. The summed E-state index contributed by atoms with van der Waals surface area (Å²) in [5, 5.41) is 21.0. The van der Waals surface area contributed by atoms with Crippen LogP contribution in [-0.2, 0) is 16.0 Å². The van der Waals surface area contributed by atoms with E-state index in [0.717, 1.165) is 17.3 Å². The number of nitrogens with one attached hydrogen (secondary N) is 3. The molecule has 2 amide bonds. The number of halogens is 3. The molecule has 3 aromatic rings. The SMILES string of the molecule is Cl.Cl.Cl.N[C@H]1CN[C@H](C(=O)N2C[C@H](NC[C@H](O)CCc3ccccc3)C[C@H]2C(=O)Nc2cnc3ccccc3c2)C1. The van der Waals surface area contributed by atoms with E-state index in [2.05, 4.69) is 33.1 Å². The van der Waals surface area contributed by atoms with Crippen LogP contribution in [0.25, 0.3) is 10.9 Å². The third-order valence-corrected chi connectivity index (χ3v) is 7.46. The standard InChI is InChI=1S/C29H36N6O3.3ClH/c30-21-13-26(32-15-21)29(38)35-18-23(31-17-24(36)11-10-19-6-2-1-3-7-19)14-27(35)28(37)34-22-12-20-8-4-5-9-25(20)33-16-22;;;/h1-9,12,16,21,23-24,26-27,31-32,36H,10-11,13-15,17-18,30H2,(H,34,37);3*1H/t21-,23-,24-,26+,27+;;;/m1.../s1. The molecule has 6 N–H and O–H groups in total. The molecule has 0 radical (unpaired) electrons. The number of benzene rings is 2. The van der Waals surface area contributed by atoms with Gasteiger partial charge in [-0.1, -0.05) is 48.5 Å². The second-order valence-corrected chi connectivity index (χ2v) is 10.4. The number of hydrogen-bond acceptors (Lipinski definition) is 7. The van der Waals surface area contributed by atoms with Gasteiger partial charge >= 0.3 is 0 Å². The average Bonchev–Trinajstić information content (AvgIpc) is 3.57. The molecule has 5 rings (SSSR count). The first-order valence-corrected chi connectivity index (χ1v) is 13.4. The van der Waals surface area contributed by atoms with Crippen molar-refractivity contribution in [2.45, 2.75) is 56.0 Å². The van der Waals surface area contributed by atoms with Gasteiger partial charge in [-0.3, -0.25) is 14.6 Å². The molecule has 0 saturated carbocycles. The van der Waals surface area contributed by atoms with Crippen LogP contribution in [-0.4, -0.2) is 76.7 Å². The Balaban J connectivity index is 0.00000196. The summed E-state index contributed by atoms with van der Waals surface area (Å²) >= 11 is 0. The maximum atomic E-state index is 13.4. The number of fused-ring (bicyclic) bond motifs is 1. The van der Waals surface area contributed by atoms with E-state index in [-0.39, 0.29) is 61.1 Å². The molecule has 0 spiro atoms. The number of para-hydroxylation sites is 1. The van der Waals surface area contributed by atoms with Gasteiger partial charge in [0.25, 0.3) is 0 Å². The zero-order valence-electron chi connectivity index (χ0n) is 22.6. The third-order valence-electron chi connectivity index (χ3n) is 7.46. The molecule has 2 aliphatic rings. The number of nitrogens with zero attached hydrogens (tertiary/aromatic N) is 2. The van der Waals surface area contributed by atoms with Gasteiger partial charge in [0.1, 0.15) is 6.04 Å². The molecule has 2 fully saturated rings. The lowest BCUT2D eigenvalue weighted by Crippen LogP contribution is -2.50. The molecule has 3 heterocycles. The van der Waals surface area contributed by atoms with Crippen LogP contribution in [0.3, 0.4) is 0 Å². The van der Waals surface area contributed by atoms with Crippen molar-refractivity contribution < 1.29 is 14.7 Å². The first-order valence-electron chi connectivity index (χ1n) is 13.4. The van der Waals surface area contributed by atoms with E-state index in [1.165, 1.54) is 5.56 Å². The zero-order chi connectivity index (χ0) is 26.5. The molecule has 9 nitrogen and oxygen atoms in total.